The Balaban J connectivity index is 2.34. The van der Waals surface area contributed by atoms with Gasteiger partial charge >= 0.3 is 5.97 Å². The van der Waals surface area contributed by atoms with Crippen LogP contribution in [0.4, 0.5) is 0 Å². The molecule has 0 aliphatic carbocycles. The van der Waals surface area contributed by atoms with E-state index < -0.39 is 15.8 Å². The molecule has 0 aromatic heterocycles. The second kappa shape index (κ2) is 5.27. The van der Waals surface area contributed by atoms with Gasteiger partial charge in [0, 0.05) is 23.6 Å². The number of hydrogen-bond acceptors (Lipinski definition) is 5. The minimum atomic E-state index is -3.06. The van der Waals surface area contributed by atoms with Crippen molar-refractivity contribution in [3.63, 3.8) is 0 Å². The molecule has 1 N–H and O–H groups in total. The van der Waals surface area contributed by atoms with E-state index in [4.69, 9.17) is 4.74 Å². The van der Waals surface area contributed by atoms with Crippen molar-refractivity contribution >= 4 is 15.8 Å². The molecule has 90 valence electrons. The highest BCUT2D eigenvalue weighted by Crippen LogP contribution is 2.08. The van der Waals surface area contributed by atoms with Crippen molar-refractivity contribution < 1.29 is 17.9 Å². The van der Waals surface area contributed by atoms with E-state index in [1.807, 2.05) is 0 Å². The van der Waals surface area contributed by atoms with E-state index in [1.165, 1.54) is 5.41 Å². The Hall–Kier alpha value is -1.14. The molecular weight excluding hydrogens is 230 g/mol. The summed E-state index contributed by atoms with van der Waals surface area (Å²) in [4.78, 5) is 11.2. The van der Waals surface area contributed by atoms with Gasteiger partial charge in [0.05, 0.1) is 12.4 Å². The van der Waals surface area contributed by atoms with Crippen LogP contribution in [0.3, 0.4) is 0 Å². The number of ether oxygens (including phenoxy) is 1. The van der Waals surface area contributed by atoms with E-state index in [1.54, 1.807) is 13.0 Å². The van der Waals surface area contributed by atoms with Crippen molar-refractivity contribution in [1.82, 2.24) is 5.32 Å². The average Bonchev–Trinajstić information content (AvgIpc) is 2.55. The molecule has 0 radical (unpaired) electrons. The topological polar surface area (TPSA) is 72.5 Å². The van der Waals surface area contributed by atoms with Crippen LogP contribution in [0.2, 0.25) is 0 Å². The first-order valence-corrected chi connectivity index (χ1v) is 6.65. The zero-order valence-corrected chi connectivity index (χ0v) is 9.92. The maximum absolute atomic E-state index is 11.2. The quantitative estimate of drug-likeness (QED) is 0.545. The molecule has 0 bridgehead atoms. The summed E-state index contributed by atoms with van der Waals surface area (Å²) in [6.45, 7) is 5.80. The van der Waals surface area contributed by atoms with E-state index in [-0.39, 0.29) is 18.3 Å². The third-order valence-corrected chi connectivity index (χ3v) is 3.47. The van der Waals surface area contributed by atoms with Crippen LogP contribution in [-0.4, -0.2) is 39.3 Å². The van der Waals surface area contributed by atoms with Gasteiger partial charge < -0.3 is 10.1 Å². The van der Waals surface area contributed by atoms with Gasteiger partial charge in [-0.3, -0.25) is 0 Å². The largest absolute Gasteiger partial charge is 0.463 e. The van der Waals surface area contributed by atoms with Gasteiger partial charge in [-0.1, -0.05) is 12.7 Å². The second-order valence-electron chi connectivity index (χ2n) is 3.47. The van der Waals surface area contributed by atoms with Crippen LogP contribution < -0.4 is 5.32 Å². The van der Waals surface area contributed by atoms with E-state index in [0.29, 0.717) is 12.2 Å². The van der Waals surface area contributed by atoms with Crippen molar-refractivity contribution in [1.29, 1.82) is 0 Å². The summed E-state index contributed by atoms with van der Waals surface area (Å²) in [6, 6.07) is -0.254. The monoisotopic (exact) mass is 245 g/mol. The van der Waals surface area contributed by atoms with Gasteiger partial charge in [0.1, 0.15) is 0 Å². The lowest BCUT2D eigenvalue weighted by Gasteiger charge is -2.10. The van der Waals surface area contributed by atoms with Gasteiger partial charge in [-0.15, -0.1) is 0 Å². The molecule has 0 saturated heterocycles. The molecule has 5 nitrogen and oxygen atoms in total. The minimum Gasteiger partial charge on any atom is -0.463 e. The number of hydrogen-bond donors (Lipinski definition) is 1. The van der Waals surface area contributed by atoms with Crippen molar-refractivity contribution in [2.45, 2.75) is 13.0 Å². The van der Waals surface area contributed by atoms with E-state index >= 15 is 0 Å². The van der Waals surface area contributed by atoms with Gasteiger partial charge in [-0.05, 0) is 6.92 Å². The number of carbonyl (C=O) groups is 1. The minimum absolute atomic E-state index is 0.0309. The number of nitrogens with one attached hydrogen (secondary N) is 1. The van der Waals surface area contributed by atoms with Crippen molar-refractivity contribution in [3.8, 4) is 0 Å². The van der Waals surface area contributed by atoms with Gasteiger partial charge in [0.25, 0.3) is 0 Å². The molecule has 6 heteroatoms. The number of esters is 1. The second-order valence-corrected chi connectivity index (χ2v) is 5.40. The Morgan fingerprint density at radius 2 is 2.31 bits per heavy atom. The molecule has 1 aliphatic heterocycles. The molecule has 0 saturated carbocycles. The molecular formula is C10H15NO4S. The van der Waals surface area contributed by atoms with E-state index in [2.05, 4.69) is 11.9 Å². The van der Waals surface area contributed by atoms with E-state index in [0.717, 1.165) is 0 Å². The highest BCUT2D eigenvalue weighted by Gasteiger charge is 2.21. The molecule has 0 spiro atoms. The van der Waals surface area contributed by atoms with Crippen LogP contribution in [0.1, 0.15) is 6.92 Å². The molecule has 1 heterocycles. The number of carbonyl (C=O) groups excluding carboxylic acids is 1. The lowest BCUT2D eigenvalue weighted by molar-refractivity contribution is -0.138. The molecule has 0 aromatic rings. The Morgan fingerprint density at radius 1 is 1.62 bits per heavy atom. The predicted molar refractivity (Wildman–Crippen MR) is 60.5 cm³/mol. The number of sulfone groups is 1. The maximum atomic E-state index is 11.2. The fraction of sp³-hybridized carbons (Fsp3) is 0.500. The standard InChI is InChI=1S/C10H15NO4S/c1-3-15-10(12)8(2)6-11-9-4-5-16(13,14)7-9/h4-5,9,11H,2-3,6-7H2,1H3. The fourth-order valence-electron chi connectivity index (χ4n) is 1.26. The lowest BCUT2D eigenvalue weighted by atomic mass is 10.2. The summed E-state index contributed by atoms with van der Waals surface area (Å²) in [7, 11) is -3.06. The molecule has 0 amide bonds. The highest BCUT2D eigenvalue weighted by atomic mass is 32.2. The van der Waals surface area contributed by atoms with Crippen LogP contribution in [0.15, 0.2) is 23.6 Å². The van der Waals surface area contributed by atoms with Crippen molar-refractivity contribution in [3.05, 3.63) is 23.6 Å². The average molecular weight is 245 g/mol. The lowest BCUT2D eigenvalue weighted by Crippen LogP contribution is -2.33. The van der Waals surface area contributed by atoms with Gasteiger partial charge in [-0.25, -0.2) is 13.2 Å². The molecule has 0 fully saturated rings. The van der Waals surface area contributed by atoms with Crippen molar-refractivity contribution in [2.24, 2.45) is 0 Å². The third kappa shape index (κ3) is 3.79. The summed E-state index contributed by atoms with van der Waals surface area (Å²) < 4.78 is 26.9. The summed E-state index contributed by atoms with van der Waals surface area (Å²) in [5.41, 5.74) is 0.291. The first kappa shape index (κ1) is 12.9. The summed E-state index contributed by atoms with van der Waals surface area (Å²) in [5, 5.41) is 4.09. The highest BCUT2D eigenvalue weighted by molar-refractivity contribution is 7.94. The summed E-state index contributed by atoms with van der Waals surface area (Å²) in [5.74, 6) is -0.428. The Morgan fingerprint density at radius 3 is 2.81 bits per heavy atom. The molecule has 1 atom stereocenters. The zero-order chi connectivity index (χ0) is 12.2. The van der Waals surface area contributed by atoms with Crippen LogP contribution in [-0.2, 0) is 19.4 Å². The van der Waals surface area contributed by atoms with Crippen LogP contribution in [0.5, 0.6) is 0 Å². The van der Waals surface area contributed by atoms with Gasteiger partial charge in [0.2, 0.25) is 0 Å². The summed E-state index contributed by atoms with van der Waals surface area (Å²) in [6.07, 6.45) is 1.56. The SMILES string of the molecule is C=C(CNC1C=CS(=O)(=O)C1)C(=O)OCC. The van der Waals surface area contributed by atoms with Crippen LogP contribution in [0.25, 0.3) is 0 Å². The molecule has 1 rings (SSSR count). The van der Waals surface area contributed by atoms with Gasteiger partial charge in [-0.2, -0.15) is 0 Å². The Kier molecular flexibility index (Phi) is 4.26. The molecule has 1 unspecified atom stereocenters. The number of rotatable bonds is 5. The molecule has 0 aromatic carbocycles. The smallest absolute Gasteiger partial charge is 0.334 e. The molecule has 1 aliphatic rings. The van der Waals surface area contributed by atoms with Crippen LogP contribution >= 0.6 is 0 Å². The van der Waals surface area contributed by atoms with Gasteiger partial charge in [0.15, 0.2) is 9.84 Å². The van der Waals surface area contributed by atoms with E-state index in [9.17, 15) is 13.2 Å². The first-order chi connectivity index (χ1) is 7.44. The maximum Gasteiger partial charge on any atom is 0.334 e. The first-order valence-electron chi connectivity index (χ1n) is 4.94. The normalized spacial score (nSPS) is 21.9. The predicted octanol–water partition coefficient (Wildman–Crippen LogP) is 0.00600. The fourth-order valence-corrected chi connectivity index (χ4v) is 2.53. The van der Waals surface area contributed by atoms with Crippen molar-refractivity contribution in [2.75, 3.05) is 18.9 Å². The third-order valence-electron chi connectivity index (χ3n) is 2.07. The van der Waals surface area contributed by atoms with Crippen LogP contribution in [0, 0.1) is 0 Å². The Labute approximate surface area is 95.1 Å². The summed E-state index contributed by atoms with van der Waals surface area (Å²) >= 11 is 0. The Bertz CT molecular complexity index is 411. The zero-order valence-electron chi connectivity index (χ0n) is 9.10. The molecule has 16 heavy (non-hydrogen) atoms.